The summed E-state index contributed by atoms with van der Waals surface area (Å²) in [6, 6.07) is 1.24. The molecular formula is C15H24N4O. The topological polar surface area (TPSA) is 50.3 Å². The molecule has 1 unspecified atom stereocenters. The van der Waals surface area contributed by atoms with E-state index in [1.54, 1.807) is 13.4 Å². The van der Waals surface area contributed by atoms with Gasteiger partial charge in [-0.2, -0.15) is 0 Å². The van der Waals surface area contributed by atoms with E-state index in [1.165, 1.54) is 32.1 Å². The van der Waals surface area contributed by atoms with E-state index >= 15 is 0 Å². The monoisotopic (exact) mass is 276 g/mol. The fourth-order valence-electron chi connectivity index (χ4n) is 3.03. The van der Waals surface area contributed by atoms with Gasteiger partial charge in [-0.15, -0.1) is 0 Å². The Morgan fingerprint density at radius 1 is 1.30 bits per heavy atom. The first kappa shape index (κ1) is 13.6. The van der Waals surface area contributed by atoms with Crippen molar-refractivity contribution >= 4 is 5.82 Å². The molecule has 1 aliphatic carbocycles. The van der Waals surface area contributed by atoms with Gasteiger partial charge in [0.15, 0.2) is 0 Å². The maximum Gasteiger partial charge on any atom is 0.221 e. The van der Waals surface area contributed by atoms with Gasteiger partial charge in [-0.05, 0) is 39.2 Å². The van der Waals surface area contributed by atoms with Crippen LogP contribution < -0.4 is 15.0 Å². The van der Waals surface area contributed by atoms with Gasteiger partial charge in [0.05, 0.1) is 12.7 Å². The van der Waals surface area contributed by atoms with Crippen LogP contribution >= 0.6 is 0 Å². The summed E-state index contributed by atoms with van der Waals surface area (Å²) < 4.78 is 5.33. The minimum atomic E-state index is 0.588. The number of anilines is 1. The van der Waals surface area contributed by atoms with Crippen LogP contribution in [0.25, 0.3) is 0 Å². The number of nitrogens with one attached hydrogen (secondary N) is 1. The van der Waals surface area contributed by atoms with E-state index < -0.39 is 0 Å². The highest BCUT2D eigenvalue weighted by Crippen LogP contribution is 2.34. The van der Waals surface area contributed by atoms with Crippen LogP contribution in [0.3, 0.4) is 0 Å². The Kier molecular flexibility index (Phi) is 4.05. The predicted molar refractivity (Wildman–Crippen MR) is 79.3 cm³/mol. The lowest BCUT2D eigenvalue weighted by Crippen LogP contribution is -2.45. The van der Waals surface area contributed by atoms with Crippen LogP contribution in [0.4, 0.5) is 5.82 Å². The molecule has 2 heterocycles. The first-order valence-electron chi connectivity index (χ1n) is 7.65. The van der Waals surface area contributed by atoms with Crippen molar-refractivity contribution in [3.8, 4) is 5.88 Å². The summed E-state index contributed by atoms with van der Waals surface area (Å²) in [7, 11) is 1.67. The fourth-order valence-corrected chi connectivity index (χ4v) is 3.03. The second kappa shape index (κ2) is 5.95. The van der Waals surface area contributed by atoms with Crippen molar-refractivity contribution in [2.45, 2.75) is 51.1 Å². The minimum Gasteiger partial charge on any atom is -0.481 e. The Morgan fingerprint density at radius 2 is 2.15 bits per heavy atom. The Morgan fingerprint density at radius 3 is 2.80 bits per heavy atom. The van der Waals surface area contributed by atoms with Crippen molar-refractivity contribution in [1.29, 1.82) is 0 Å². The highest BCUT2D eigenvalue weighted by Gasteiger charge is 2.33. The lowest BCUT2D eigenvalue weighted by Gasteiger charge is -2.32. The molecule has 0 aromatic carbocycles. The first-order valence-corrected chi connectivity index (χ1v) is 7.65. The summed E-state index contributed by atoms with van der Waals surface area (Å²) in [4.78, 5) is 11.2. The van der Waals surface area contributed by atoms with Crippen molar-refractivity contribution in [3.05, 3.63) is 11.9 Å². The van der Waals surface area contributed by atoms with E-state index in [9.17, 15) is 0 Å². The smallest absolute Gasteiger partial charge is 0.221 e. The van der Waals surface area contributed by atoms with Gasteiger partial charge in [-0.1, -0.05) is 6.42 Å². The lowest BCUT2D eigenvalue weighted by molar-refractivity contribution is 0.389. The molecule has 5 nitrogen and oxygen atoms in total. The molecule has 1 N–H and O–H groups in total. The summed E-state index contributed by atoms with van der Waals surface area (Å²) in [6.07, 6.45) is 8.08. The van der Waals surface area contributed by atoms with Crippen LogP contribution in [0.2, 0.25) is 0 Å². The average molecular weight is 276 g/mol. The second-order valence-electron chi connectivity index (χ2n) is 5.86. The third-order valence-electron chi connectivity index (χ3n) is 4.29. The molecule has 2 aliphatic rings. The molecule has 3 rings (SSSR count). The van der Waals surface area contributed by atoms with Gasteiger partial charge in [0.1, 0.15) is 12.1 Å². The van der Waals surface area contributed by atoms with Gasteiger partial charge >= 0.3 is 0 Å². The number of hydrogen-bond acceptors (Lipinski definition) is 5. The molecule has 1 saturated heterocycles. The van der Waals surface area contributed by atoms with E-state index in [0.29, 0.717) is 18.0 Å². The normalized spacial score (nSPS) is 22.6. The molecule has 20 heavy (non-hydrogen) atoms. The summed E-state index contributed by atoms with van der Waals surface area (Å²) in [6.45, 7) is 4.25. The van der Waals surface area contributed by atoms with E-state index in [4.69, 9.17) is 4.74 Å². The molecule has 1 aliphatic heterocycles. The molecule has 5 heteroatoms. The fraction of sp³-hybridized carbons (Fsp3) is 0.733. The zero-order valence-electron chi connectivity index (χ0n) is 12.4. The zero-order valence-corrected chi connectivity index (χ0v) is 12.4. The maximum absolute atomic E-state index is 5.33. The van der Waals surface area contributed by atoms with Crippen LogP contribution in [-0.4, -0.2) is 42.3 Å². The van der Waals surface area contributed by atoms with Crippen molar-refractivity contribution in [2.24, 2.45) is 0 Å². The van der Waals surface area contributed by atoms with Gasteiger partial charge in [-0.3, -0.25) is 0 Å². The standard InChI is InChI=1S/C15H24N4O/c1-11-14(17-10-18-15(11)20-2)19(13-6-7-13)9-12-5-3-4-8-16-12/h10,12-13,16H,3-9H2,1-2H3. The second-order valence-corrected chi connectivity index (χ2v) is 5.86. The van der Waals surface area contributed by atoms with Crippen LogP contribution in [-0.2, 0) is 0 Å². The number of nitrogens with zero attached hydrogens (tertiary/aromatic N) is 3. The lowest BCUT2D eigenvalue weighted by atomic mass is 10.0. The van der Waals surface area contributed by atoms with Crippen molar-refractivity contribution in [2.75, 3.05) is 25.1 Å². The number of methoxy groups -OCH3 is 1. The molecule has 110 valence electrons. The molecule has 0 bridgehead atoms. The van der Waals surface area contributed by atoms with Crippen molar-refractivity contribution < 1.29 is 4.74 Å². The highest BCUT2D eigenvalue weighted by molar-refractivity contribution is 5.52. The highest BCUT2D eigenvalue weighted by atomic mass is 16.5. The van der Waals surface area contributed by atoms with Crippen molar-refractivity contribution in [3.63, 3.8) is 0 Å². The first-order chi connectivity index (χ1) is 9.79. The average Bonchev–Trinajstić information content (AvgIpc) is 3.31. The SMILES string of the molecule is COc1ncnc(N(CC2CCCCN2)C2CC2)c1C. The molecule has 1 atom stereocenters. The number of piperidine rings is 1. The molecule has 0 spiro atoms. The van der Waals surface area contributed by atoms with Crippen molar-refractivity contribution in [1.82, 2.24) is 15.3 Å². The van der Waals surface area contributed by atoms with Crippen LogP contribution in [0.5, 0.6) is 5.88 Å². The van der Waals surface area contributed by atoms with E-state index in [0.717, 1.165) is 24.5 Å². The van der Waals surface area contributed by atoms with Gasteiger partial charge in [0, 0.05) is 18.6 Å². The van der Waals surface area contributed by atoms with Crippen LogP contribution in [0, 0.1) is 6.92 Å². The Hall–Kier alpha value is -1.36. The zero-order chi connectivity index (χ0) is 13.9. The number of rotatable bonds is 5. The molecule has 0 amide bonds. The van der Waals surface area contributed by atoms with Gasteiger partial charge in [0.2, 0.25) is 5.88 Å². The molecule has 1 saturated carbocycles. The minimum absolute atomic E-state index is 0.588. The van der Waals surface area contributed by atoms with Crippen LogP contribution in [0.15, 0.2) is 6.33 Å². The van der Waals surface area contributed by atoms with E-state index in [2.05, 4.69) is 27.1 Å². The molecule has 2 fully saturated rings. The Bertz CT molecular complexity index is 455. The number of ether oxygens (including phenoxy) is 1. The molecule has 1 aromatic heterocycles. The van der Waals surface area contributed by atoms with Crippen LogP contribution in [0.1, 0.15) is 37.7 Å². The van der Waals surface area contributed by atoms with E-state index in [-0.39, 0.29) is 0 Å². The molecule has 1 aromatic rings. The third-order valence-corrected chi connectivity index (χ3v) is 4.29. The van der Waals surface area contributed by atoms with E-state index in [1.807, 2.05) is 0 Å². The largest absolute Gasteiger partial charge is 0.481 e. The quantitative estimate of drug-likeness (QED) is 0.890. The van der Waals surface area contributed by atoms with Gasteiger partial charge < -0.3 is 15.0 Å². The Labute approximate surface area is 120 Å². The predicted octanol–water partition coefficient (Wildman–Crippen LogP) is 1.90. The summed E-state index contributed by atoms with van der Waals surface area (Å²) in [5.74, 6) is 1.74. The number of hydrogen-bond donors (Lipinski definition) is 1. The van der Waals surface area contributed by atoms with Gasteiger partial charge in [0.25, 0.3) is 0 Å². The summed E-state index contributed by atoms with van der Waals surface area (Å²) in [5, 5.41) is 3.63. The third kappa shape index (κ3) is 2.87. The molecule has 0 radical (unpaired) electrons. The van der Waals surface area contributed by atoms with Gasteiger partial charge in [-0.25, -0.2) is 9.97 Å². The summed E-state index contributed by atoms with van der Waals surface area (Å²) in [5.41, 5.74) is 1.05. The maximum atomic E-state index is 5.33. The summed E-state index contributed by atoms with van der Waals surface area (Å²) >= 11 is 0. The molecular weight excluding hydrogens is 252 g/mol. The Balaban J connectivity index is 1.79. The number of aromatic nitrogens is 2.